The first-order valence-electron chi connectivity index (χ1n) is 2.84. The molecule has 0 spiro atoms. The Balaban J connectivity index is 0. The summed E-state index contributed by atoms with van der Waals surface area (Å²) in [4.78, 5) is 8.68. The van der Waals surface area contributed by atoms with Gasteiger partial charge in [-0.1, -0.05) is 18.2 Å². The average Bonchev–Trinajstić information content (AvgIpc) is 1.91. The van der Waals surface area contributed by atoms with E-state index in [4.69, 9.17) is 9.90 Å². The van der Waals surface area contributed by atoms with Crippen LogP contribution in [0.25, 0.3) is 0 Å². The number of phenols is 1. The van der Waals surface area contributed by atoms with E-state index in [1.807, 2.05) is 6.07 Å². The molecule has 0 saturated carbocycles. The van der Waals surface area contributed by atoms with E-state index in [1.165, 1.54) is 13.2 Å². The van der Waals surface area contributed by atoms with E-state index in [0.29, 0.717) is 5.75 Å². The van der Waals surface area contributed by atoms with Crippen LogP contribution in [0.5, 0.6) is 5.75 Å². The van der Waals surface area contributed by atoms with E-state index in [9.17, 15) is 0 Å². The second-order valence-corrected chi connectivity index (χ2v) is 1.54. The quantitative estimate of drug-likeness (QED) is 0.638. The monoisotopic (exact) mass is 196 g/mol. The van der Waals surface area contributed by atoms with Crippen LogP contribution in [0.1, 0.15) is 6.92 Å². The van der Waals surface area contributed by atoms with Crippen LogP contribution in [0, 0.1) is 0 Å². The maximum atomic E-state index is 8.68. The van der Waals surface area contributed by atoms with Gasteiger partial charge in [-0.05, 0) is 12.1 Å². The van der Waals surface area contributed by atoms with Crippen LogP contribution in [0.4, 0.5) is 0 Å². The third-order valence-electron chi connectivity index (χ3n) is 0.756. The fraction of sp³-hybridized carbons (Fsp3) is 0.125. The van der Waals surface area contributed by atoms with E-state index >= 15 is 0 Å². The smallest absolute Gasteiger partial charge is 0.115 e. The zero-order valence-corrected chi connectivity index (χ0v) is 7.12. The van der Waals surface area contributed by atoms with Crippen LogP contribution in [0.3, 0.4) is 0 Å². The molecule has 11 heavy (non-hydrogen) atoms. The third-order valence-corrected chi connectivity index (χ3v) is 0.756. The summed E-state index contributed by atoms with van der Waals surface area (Å²) in [6, 6.07) is 8.71. The Bertz CT molecular complexity index is 175. The van der Waals surface area contributed by atoms with Crippen molar-refractivity contribution in [2.24, 2.45) is 0 Å². The van der Waals surface area contributed by atoms with Crippen molar-refractivity contribution in [2.75, 3.05) is 0 Å². The van der Waals surface area contributed by atoms with E-state index in [2.05, 4.69) is 0 Å². The van der Waals surface area contributed by atoms with Crippen LogP contribution in [0.2, 0.25) is 0 Å². The molecule has 0 aliphatic heterocycles. The molecule has 0 bridgehead atoms. The molecule has 63 valence electrons. The van der Waals surface area contributed by atoms with E-state index in [-0.39, 0.29) is 16.8 Å². The van der Waals surface area contributed by atoms with Gasteiger partial charge >= 0.3 is 0 Å². The van der Waals surface area contributed by atoms with Gasteiger partial charge < -0.3 is 9.90 Å². The van der Waals surface area contributed by atoms with Crippen LogP contribution >= 0.6 is 0 Å². The van der Waals surface area contributed by atoms with E-state index < -0.39 is 0 Å². The standard InChI is InChI=1S/C6H6O.C2H3O.Co/c7-6-4-2-1-3-5-6;1-2-3;/h1-5,7H;1H3;/q;-1;. The largest absolute Gasteiger partial charge is 0.542 e. The number of phenolic OH excluding ortho intramolecular Hbond substituents is 1. The number of aromatic hydroxyl groups is 1. The minimum atomic E-state index is 0. The Hall–Kier alpha value is -0.804. The van der Waals surface area contributed by atoms with Gasteiger partial charge in [0.05, 0.1) is 0 Å². The zero-order valence-electron chi connectivity index (χ0n) is 6.08. The van der Waals surface area contributed by atoms with Crippen LogP contribution in [-0.2, 0) is 21.6 Å². The van der Waals surface area contributed by atoms with Crippen molar-refractivity contribution in [2.45, 2.75) is 6.92 Å². The van der Waals surface area contributed by atoms with E-state index in [0.717, 1.165) is 0 Å². The normalized spacial score (nSPS) is 6.64. The second-order valence-electron chi connectivity index (χ2n) is 1.54. The predicted molar refractivity (Wildman–Crippen MR) is 39.5 cm³/mol. The summed E-state index contributed by atoms with van der Waals surface area (Å²) in [5, 5.41) is 8.63. The second kappa shape index (κ2) is 9.20. The summed E-state index contributed by atoms with van der Waals surface area (Å²) in [7, 11) is 0. The molecule has 0 amide bonds. The summed E-state index contributed by atoms with van der Waals surface area (Å²) in [6.07, 6.45) is 1.50. The summed E-state index contributed by atoms with van der Waals surface area (Å²) in [5.41, 5.74) is 0. The number of para-hydroxylation sites is 1. The molecule has 0 atom stereocenters. The van der Waals surface area contributed by atoms with Crippen molar-refractivity contribution >= 4 is 6.29 Å². The third kappa shape index (κ3) is 9.20. The molecule has 1 rings (SSSR count). The van der Waals surface area contributed by atoms with Crippen LogP contribution < -0.4 is 0 Å². The van der Waals surface area contributed by atoms with Crippen molar-refractivity contribution < 1.29 is 26.7 Å². The fourth-order valence-corrected chi connectivity index (χ4v) is 0.428. The van der Waals surface area contributed by atoms with Crippen molar-refractivity contribution in [1.29, 1.82) is 0 Å². The van der Waals surface area contributed by atoms with Gasteiger partial charge in [-0.25, -0.2) is 0 Å². The van der Waals surface area contributed by atoms with Gasteiger partial charge in [0.15, 0.2) is 0 Å². The predicted octanol–water partition coefficient (Wildman–Crippen LogP) is 1.51. The molecule has 2 nitrogen and oxygen atoms in total. The molecular formula is C8H9CoO2-. The molecule has 1 aromatic carbocycles. The summed E-state index contributed by atoms with van der Waals surface area (Å²) in [5.74, 6) is 0.322. The molecule has 0 aliphatic rings. The van der Waals surface area contributed by atoms with Gasteiger partial charge in [0.2, 0.25) is 0 Å². The first-order chi connectivity index (χ1) is 4.81. The van der Waals surface area contributed by atoms with Crippen molar-refractivity contribution in [3.8, 4) is 5.75 Å². The Morgan fingerprint density at radius 3 is 1.82 bits per heavy atom. The van der Waals surface area contributed by atoms with Gasteiger partial charge in [0.1, 0.15) is 5.75 Å². The molecule has 0 aromatic heterocycles. The van der Waals surface area contributed by atoms with Gasteiger partial charge in [0.25, 0.3) is 0 Å². The molecule has 0 saturated heterocycles. The summed E-state index contributed by atoms with van der Waals surface area (Å²) >= 11 is 0. The Morgan fingerprint density at radius 1 is 1.27 bits per heavy atom. The van der Waals surface area contributed by atoms with Gasteiger partial charge in [-0.3, -0.25) is 6.29 Å². The molecule has 0 fully saturated rings. The SMILES string of the molecule is C[C-]=O.Oc1ccccc1.[Co]. The zero-order chi connectivity index (χ0) is 7.82. The van der Waals surface area contributed by atoms with Crippen molar-refractivity contribution in [1.82, 2.24) is 0 Å². The summed E-state index contributed by atoms with van der Waals surface area (Å²) < 4.78 is 0. The molecule has 1 aromatic rings. The Labute approximate surface area is 76.4 Å². The minimum Gasteiger partial charge on any atom is -0.542 e. The molecule has 1 radical (unpaired) electrons. The molecule has 3 heteroatoms. The molecule has 0 unspecified atom stereocenters. The van der Waals surface area contributed by atoms with Crippen molar-refractivity contribution in [3.05, 3.63) is 30.3 Å². The number of hydrogen-bond acceptors (Lipinski definition) is 2. The van der Waals surface area contributed by atoms with Crippen LogP contribution in [-0.4, -0.2) is 11.4 Å². The first-order valence-corrected chi connectivity index (χ1v) is 2.84. The number of carbonyl (C=O) groups excluding carboxylic acids is 1. The Kier molecular flexibility index (Phi) is 10.7. The molecule has 0 heterocycles. The minimum absolute atomic E-state index is 0. The van der Waals surface area contributed by atoms with E-state index in [1.54, 1.807) is 24.3 Å². The van der Waals surface area contributed by atoms with Crippen LogP contribution in [0.15, 0.2) is 30.3 Å². The summed E-state index contributed by atoms with van der Waals surface area (Å²) in [6.45, 7) is 1.32. The molecular weight excluding hydrogens is 187 g/mol. The van der Waals surface area contributed by atoms with Crippen molar-refractivity contribution in [3.63, 3.8) is 0 Å². The van der Waals surface area contributed by atoms with Gasteiger partial charge in [0, 0.05) is 16.8 Å². The fourth-order valence-electron chi connectivity index (χ4n) is 0.428. The maximum absolute atomic E-state index is 8.68. The Morgan fingerprint density at radius 2 is 1.64 bits per heavy atom. The maximum Gasteiger partial charge on any atom is 0.115 e. The van der Waals surface area contributed by atoms with Gasteiger partial charge in [-0.15, -0.1) is 0 Å². The number of rotatable bonds is 0. The average molecular weight is 196 g/mol. The number of hydrogen-bond donors (Lipinski definition) is 1. The molecule has 0 aliphatic carbocycles. The topological polar surface area (TPSA) is 37.3 Å². The van der Waals surface area contributed by atoms with Gasteiger partial charge in [-0.2, -0.15) is 6.92 Å². The first kappa shape index (κ1) is 12.8. The number of benzene rings is 1. The molecule has 1 N–H and O–H groups in total.